The first-order chi connectivity index (χ1) is 9.88. The molecule has 0 bridgehead atoms. The maximum atomic E-state index is 12.4. The second-order valence-corrected chi connectivity index (χ2v) is 7.21. The Kier molecular flexibility index (Phi) is 4.92. The molecule has 2 rings (SSSR count). The number of nitro groups is 1. The minimum Gasteiger partial charge on any atom is -0.305 e. The van der Waals surface area contributed by atoms with Gasteiger partial charge < -0.3 is 4.90 Å². The van der Waals surface area contributed by atoms with E-state index in [0.717, 1.165) is 13.0 Å². The van der Waals surface area contributed by atoms with Crippen LogP contribution in [0.25, 0.3) is 0 Å². The molecule has 1 aromatic rings. The van der Waals surface area contributed by atoms with E-state index in [2.05, 4.69) is 4.90 Å². The Morgan fingerprint density at radius 1 is 1.24 bits per heavy atom. The lowest BCUT2D eigenvalue weighted by molar-refractivity contribution is -0.384. The Bertz CT molecular complexity index is 618. The number of hydrogen-bond acceptors (Lipinski definition) is 5. The lowest BCUT2D eigenvalue weighted by Crippen LogP contribution is -2.35. The molecule has 0 aromatic heterocycles. The van der Waals surface area contributed by atoms with Crippen LogP contribution in [0.1, 0.15) is 12.0 Å². The first-order valence-corrected chi connectivity index (χ1v) is 8.39. The van der Waals surface area contributed by atoms with Crippen molar-refractivity contribution < 1.29 is 13.3 Å². The Balaban J connectivity index is 2.13. The molecule has 1 fully saturated rings. The summed E-state index contributed by atoms with van der Waals surface area (Å²) in [5.41, 5.74) is 0.361. The first-order valence-electron chi connectivity index (χ1n) is 6.78. The molecule has 1 aliphatic heterocycles. The summed E-state index contributed by atoms with van der Waals surface area (Å²) < 4.78 is 26.3. The molecule has 0 atom stereocenters. The van der Waals surface area contributed by atoms with Crippen LogP contribution in [0.15, 0.2) is 24.3 Å². The first kappa shape index (κ1) is 15.9. The van der Waals surface area contributed by atoms with Gasteiger partial charge in [0.2, 0.25) is 10.0 Å². The summed E-state index contributed by atoms with van der Waals surface area (Å²) in [5, 5.41) is 10.7. The predicted octanol–water partition coefficient (Wildman–Crippen LogP) is 1.06. The molecule has 0 spiro atoms. The summed E-state index contributed by atoms with van der Waals surface area (Å²) >= 11 is 0. The van der Waals surface area contributed by atoms with Crippen molar-refractivity contribution in [2.24, 2.45) is 0 Å². The van der Waals surface area contributed by atoms with Gasteiger partial charge in [0.1, 0.15) is 0 Å². The average Bonchev–Trinajstić information content (AvgIpc) is 2.64. The molecule has 1 aromatic carbocycles. The van der Waals surface area contributed by atoms with Crippen molar-refractivity contribution in [1.82, 2.24) is 9.21 Å². The second-order valence-electron chi connectivity index (χ2n) is 5.24. The van der Waals surface area contributed by atoms with Crippen LogP contribution >= 0.6 is 0 Å². The van der Waals surface area contributed by atoms with E-state index in [4.69, 9.17) is 0 Å². The van der Waals surface area contributed by atoms with Crippen LogP contribution in [-0.4, -0.2) is 55.8 Å². The SMILES string of the molecule is CN1CCCN(S(=O)(=O)Cc2cccc([N+](=O)[O-])c2)CC1. The van der Waals surface area contributed by atoms with E-state index < -0.39 is 14.9 Å². The van der Waals surface area contributed by atoms with Crippen LogP contribution < -0.4 is 0 Å². The average molecular weight is 313 g/mol. The Hall–Kier alpha value is -1.51. The molecule has 0 aliphatic carbocycles. The molecule has 0 unspecified atom stereocenters. The van der Waals surface area contributed by atoms with Gasteiger partial charge in [0.25, 0.3) is 5.69 Å². The van der Waals surface area contributed by atoms with Crippen molar-refractivity contribution in [1.29, 1.82) is 0 Å². The van der Waals surface area contributed by atoms with Crippen molar-refractivity contribution in [3.63, 3.8) is 0 Å². The maximum absolute atomic E-state index is 12.4. The number of rotatable bonds is 4. The normalized spacial score (nSPS) is 18.3. The molecule has 0 N–H and O–H groups in total. The molecule has 8 heteroatoms. The van der Waals surface area contributed by atoms with Gasteiger partial charge in [0, 0.05) is 31.8 Å². The van der Waals surface area contributed by atoms with Gasteiger partial charge in [0.15, 0.2) is 0 Å². The van der Waals surface area contributed by atoms with Crippen LogP contribution in [0.2, 0.25) is 0 Å². The van der Waals surface area contributed by atoms with Crippen molar-refractivity contribution in [2.45, 2.75) is 12.2 Å². The molecule has 0 amide bonds. The third-order valence-electron chi connectivity index (χ3n) is 3.54. The summed E-state index contributed by atoms with van der Waals surface area (Å²) in [4.78, 5) is 12.3. The minimum absolute atomic E-state index is 0.0849. The smallest absolute Gasteiger partial charge is 0.269 e. The van der Waals surface area contributed by atoms with Gasteiger partial charge in [-0.05, 0) is 25.6 Å². The van der Waals surface area contributed by atoms with Crippen LogP contribution in [0, 0.1) is 10.1 Å². The molecule has 1 aliphatic rings. The van der Waals surface area contributed by atoms with Crippen molar-refractivity contribution >= 4 is 15.7 Å². The van der Waals surface area contributed by atoms with Crippen molar-refractivity contribution in [3.05, 3.63) is 39.9 Å². The Morgan fingerprint density at radius 2 is 2.00 bits per heavy atom. The van der Waals surface area contributed by atoms with Gasteiger partial charge in [-0.25, -0.2) is 12.7 Å². The summed E-state index contributed by atoms with van der Waals surface area (Å²) in [5.74, 6) is -0.196. The topological polar surface area (TPSA) is 83.8 Å². The number of nitrogens with zero attached hydrogens (tertiary/aromatic N) is 3. The van der Waals surface area contributed by atoms with Gasteiger partial charge in [-0.1, -0.05) is 12.1 Å². The number of non-ortho nitro benzene ring substituents is 1. The number of likely N-dealkylation sites (N-methyl/N-ethyl adjacent to an activating group) is 1. The van der Waals surface area contributed by atoms with Crippen LogP contribution in [0.4, 0.5) is 5.69 Å². The van der Waals surface area contributed by atoms with E-state index in [0.29, 0.717) is 25.2 Å². The highest BCUT2D eigenvalue weighted by Gasteiger charge is 2.25. The van der Waals surface area contributed by atoms with E-state index in [1.807, 2.05) is 7.05 Å². The van der Waals surface area contributed by atoms with E-state index in [1.54, 1.807) is 6.07 Å². The Labute approximate surface area is 124 Å². The van der Waals surface area contributed by atoms with Crippen LogP contribution in [0.3, 0.4) is 0 Å². The predicted molar refractivity (Wildman–Crippen MR) is 79.4 cm³/mol. The largest absolute Gasteiger partial charge is 0.305 e. The maximum Gasteiger partial charge on any atom is 0.269 e. The highest BCUT2D eigenvalue weighted by Crippen LogP contribution is 2.18. The Morgan fingerprint density at radius 3 is 2.71 bits per heavy atom. The van der Waals surface area contributed by atoms with Crippen molar-refractivity contribution in [3.8, 4) is 0 Å². The third kappa shape index (κ3) is 4.23. The zero-order valence-electron chi connectivity index (χ0n) is 11.9. The number of benzene rings is 1. The standard InChI is InChI=1S/C13H19N3O4S/c1-14-6-3-7-15(9-8-14)21(19,20)11-12-4-2-5-13(10-12)16(17)18/h2,4-5,10H,3,6-9,11H2,1H3. The molecule has 1 heterocycles. The van der Waals surface area contributed by atoms with E-state index in [9.17, 15) is 18.5 Å². The van der Waals surface area contributed by atoms with Gasteiger partial charge in [0.05, 0.1) is 10.7 Å². The summed E-state index contributed by atoms with van der Waals surface area (Å²) in [6, 6.07) is 5.80. The van der Waals surface area contributed by atoms with Gasteiger partial charge in [-0.2, -0.15) is 0 Å². The fraction of sp³-hybridized carbons (Fsp3) is 0.538. The monoisotopic (exact) mass is 313 g/mol. The lowest BCUT2D eigenvalue weighted by Gasteiger charge is -2.20. The third-order valence-corrected chi connectivity index (χ3v) is 5.39. The van der Waals surface area contributed by atoms with E-state index in [1.165, 1.54) is 22.5 Å². The lowest BCUT2D eigenvalue weighted by atomic mass is 10.2. The van der Waals surface area contributed by atoms with Crippen LogP contribution in [0.5, 0.6) is 0 Å². The second kappa shape index (κ2) is 6.50. The van der Waals surface area contributed by atoms with Crippen LogP contribution in [-0.2, 0) is 15.8 Å². The fourth-order valence-electron chi connectivity index (χ4n) is 2.36. The molecule has 7 nitrogen and oxygen atoms in total. The number of hydrogen-bond donors (Lipinski definition) is 0. The van der Waals surface area contributed by atoms with Gasteiger partial charge in [-0.3, -0.25) is 10.1 Å². The fourth-order valence-corrected chi connectivity index (χ4v) is 3.91. The van der Waals surface area contributed by atoms with E-state index in [-0.39, 0.29) is 11.4 Å². The van der Waals surface area contributed by atoms with E-state index >= 15 is 0 Å². The molecule has 0 saturated carbocycles. The minimum atomic E-state index is -3.44. The number of nitro benzene ring substituents is 1. The van der Waals surface area contributed by atoms with Gasteiger partial charge in [-0.15, -0.1) is 0 Å². The highest BCUT2D eigenvalue weighted by atomic mass is 32.2. The van der Waals surface area contributed by atoms with Gasteiger partial charge >= 0.3 is 0 Å². The summed E-state index contributed by atoms with van der Waals surface area (Å²) in [6.45, 7) is 2.55. The summed E-state index contributed by atoms with van der Waals surface area (Å²) in [7, 11) is -1.47. The van der Waals surface area contributed by atoms with Crippen molar-refractivity contribution in [2.75, 3.05) is 33.2 Å². The molecule has 1 saturated heterocycles. The molecular weight excluding hydrogens is 294 g/mol. The summed E-state index contributed by atoms with van der Waals surface area (Å²) in [6.07, 6.45) is 0.796. The zero-order chi connectivity index (χ0) is 15.5. The molecule has 21 heavy (non-hydrogen) atoms. The quantitative estimate of drug-likeness (QED) is 0.613. The zero-order valence-corrected chi connectivity index (χ0v) is 12.8. The highest BCUT2D eigenvalue weighted by molar-refractivity contribution is 7.88. The molecule has 116 valence electrons. The molecular formula is C13H19N3O4S. The number of sulfonamides is 1. The molecule has 0 radical (unpaired) electrons.